The fourth-order valence-electron chi connectivity index (χ4n) is 6.40. The van der Waals surface area contributed by atoms with Gasteiger partial charge in [-0.2, -0.15) is 13.2 Å². The maximum atomic E-state index is 14.7. The molecule has 4 aromatic rings. The number of carbonyl (C=O) groups is 2. The van der Waals surface area contributed by atoms with E-state index in [2.05, 4.69) is 24.1 Å². The van der Waals surface area contributed by atoms with Crippen LogP contribution in [-0.2, 0) is 23.9 Å². The summed E-state index contributed by atoms with van der Waals surface area (Å²) in [5.74, 6) is -2.33. The van der Waals surface area contributed by atoms with E-state index in [-0.39, 0.29) is 47.7 Å². The molecular weight excluding hydrogens is 637 g/mol. The Hall–Kier alpha value is -4.67. The largest absolute Gasteiger partial charge is 0.416 e. The molecule has 0 aliphatic carbocycles. The maximum Gasteiger partial charge on any atom is 0.416 e. The first kappa shape index (κ1) is 35.6. The highest BCUT2D eigenvalue weighted by atomic mass is 19.4. The van der Waals surface area contributed by atoms with Gasteiger partial charge in [-0.15, -0.1) is 0 Å². The van der Waals surface area contributed by atoms with Crippen molar-refractivity contribution in [3.8, 4) is 11.1 Å². The van der Waals surface area contributed by atoms with Gasteiger partial charge in [-0.3, -0.25) is 19.0 Å². The molecule has 1 N–H and O–H groups in total. The van der Waals surface area contributed by atoms with E-state index < -0.39 is 23.4 Å². The normalized spacial score (nSPS) is 16.0. The van der Waals surface area contributed by atoms with Crippen LogP contribution in [0.5, 0.6) is 0 Å². The summed E-state index contributed by atoms with van der Waals surface area (Å²) in [6, 6.07) is 23.4. The van der Waals surface area contributed by atoms with E-state index in [4.69, 9.17) is 0 Å². The summed E-state index contributed by atoms with van der Waals surface area (Å²) >= 11 is 0. The summed E-state index contributed by atoms with van der Waals surface area (Å²) in [5.41, 5.74) is 3.48. The number of fused-ring (bicyclic) bond motifs is 1. The second kappa shape index (κ2) is 15.3. The van der Waals surface area contributed by atoms with Gasteiger partial charge in [-0.25, -0.2) is 8.78 Å². The van der Waals surface area contributed by atoms with Gasteiger partial charge in [-0.1, -0.05) is 74.5 Å². The van der Waals surface area contributed by atoms with Gasteiger partial charge in [0.25, 0.3) is 5.91 Å². The molecule has 1 atom stereocenters. The molecule has 5 nitrogen and oxygen atoms in total. The summed E-state index contributed by atoms with van der Waals surface area (Å²) in [6.45, 7) is 6.97. The SMILES string of the molecule is CCN(CC)CC[N+]1(CC(=O)NCc2ccc(-c3ccc(C(F)(F)F)cc3)cc2)C(CCc2cccc(F)c2F)=CC(=O)c2ccccc21. The number of para-hydroxylation sites is 1. The number of carbonyl (C=O) groups excluding carboxylic acids is 2. The second-order valence-electron chi connectivity index (χ2n) is 12.2. The maximum absolute atomic E-state index is 14.7. The molecule has 1 unspecified atom stereocenters. The van der Waals surface area contributed by atoms with Crippen LogP contribution in [0.2, 0.25) is 0 Å². The van der Waals surface area contributed by atoms with Crippen molar-refractivity contribution in [1.29, 1.82) is 0 Å². The van der Waals surface area contributed by atoms with E-state index in [1.807, 2.05) is 24.3 Å². The zero-order valence-corrected chi connectivity index (χ0v) is 27.5. The molecular formula is C39H39F5N3O2+. The standard InChI is InChI=1S/C39H38F5N3O2/c1-3-46(4-2)22-23-47(26-37(49)45-25-27-12-14-28(15-13-27)29-16-19-31(20-17-29)39(42,43)44)32(21-18-30-8-7-10-34(40)38(30)41)24-36(48)33-9-5-6-11-35(33)47/h5-17,19-20,24H,3-4,18,21-23,25-26H2,1-2H3/p+1. The van der Waals surface area contributed by atoms with Crippen LogP contribution in [0.3, 0.4) is 0 Å². The highest BCUT2D eigenvalue weighted by Gasteiger charge is 2.43. The summed E-state index contributed by atoms with van der Waals surface area (Å²) in [7, 11) is 0. The van der Waals surface area contributed by atoms with Crippen molar-refractivity contribution in [1.82, 2.24) is 14.7 Å². The number of allylic oxidation sites excluding steroid dienone is 2. The molecule has 49 heavy (non-hydrogen) atoms. The molecule has 0 aromatic heterocycles. The summed E-state index contributed by atoms with van der Waals surface area (Å²) in [6.07, 6.45) is -2.48. The lowest BCUT2D eigenvalue weighted by Gasteiger charge is -2.42. The van der Waals surface area contributed by atoms with Crippen LogP contribution in [0.4, 0.5) is 27.6 Å². The van der Waals surface area contributed by atoms with Crippen molar-refractivity contribution in [2.45, 2.75) is 39.4 Å². The van der Waals surface area contributed by atoms with Gasteiger partial charge >= 0.3 is 6.18 Å². The van der Waals surface area contributed by atoms with Crippen LogP contribution in [-0.4, -0.2) is 49.3 Å². The number of likely N-dealkylation sites (N-methyl/N-ethyl adjacent to an activating group) is 1. The predicted octanol–water partition coefficient (Wildman–Crippen LogP) is 8.33. The summed E-state index contributed by atoms with van der Waals surface area (Å²) in [4.78, 5) is 29.4. The Balaban J connectivity index is 1.39. The smallest absolute Gasteiger partial charge is 0.347 e. The van der Waals surface area contributed by atoms with Crippen molar-refractivity contribution < 1.29 is 31.5 Å². The van der Waals surface area contributed by atoms with Crippen molar-refractivity contribution in [2.24, 2.45) is 0 Å². The first-order valence-electron chi connectivity index (χ1n) is 16.4. The molecule has 0 fully saturated rings. The Morgan fingerprint density at radius 2 is 1.47 bits per heavy atom. The van der Waals surface area contributed by atoms with E-state index in [1.54, 1.807) is 30.3 Å². The number of alkyl halides is 3. The van der Waals surface area contributed by atoms with Gasteiger partial charge in [0, 0.05) is 31.7 Å². The molecule has 1 aliphatic heterocycles. The molecule has 256 valence electrons. The number of nitrogens with one attached hydrogen (secondary N) is 1. The number of halogens is 5. The first-order chi connectivity index (χ1) is 23.4. The topological polar surface area (TPSA) is 49.4 Å². The molecule has 4 aromatic carbocycles. The van der Waals surface area contributed by atoms with Gasteiger partial charge in [-0.05, 0) is 66.0 Å². The lowest BCUT2D eigenvalue weighted by atomic mass is 9.94. The van der Waals surface area contributed by atoms with E-state index >= 15 is 0 Å². The fraction of sp³-hybridized carbons (Fsp3) is 0.282. The van der Waals surface area contributed by atoms with Crippen LogP contribution in [0.1, 0.15) is 47.3 Å². The third kappa shape index (κ3) is 8.14. The van der Waals surface area contributed by atoms with E-state index in [0.29, 0.717) is 35.6 Å². The molecule has 0 radical (unpaired) electrons. The van der Waals surface area contributed by atoms with Crippen LogP contribution in [0, 0.1) is 11.6 Å². The lowest BCUT2D eigenvalue weighted by Crippen LogP contribution is -2.58. The minimum absolute atomic E-state index is 0.0212. The van der Waals surface area contributed by atoms with Gasteiger partial charge in [0.2, 0.25) is 0 Å². The Morgan fingerprint density at radius 3 is 2.12 bits per heavy atom. The number of benzene rings is 4. The molecule has 0 bridgehead atoms. The average Bonchev–Trinajstić information content (AvgIpc) is 3.10. The predicted molar refractivity (Wildman–Crippen MR) is 182 cm³/mol. The summed E-state index contributed by atoms with van der Waals surface area (Å²) < 4.78 is 67.7. The summed E-state index contributed by atoms with van der Waals surface area (Å²) in [5, 5.41) is 3.01. The van der Waals surface area contributed by atoms with Crippen LogP contribution in [0.25, 0.3) is 11.1 Å². The lowest BCUT2D eigenvalue weighted by molar-refractivity contribution is -0.137. The van der Waals surface area contributed by atoms with E-state index in [0.717, 1.165) is 42.4 Å². The van der Waals surface area contributed by atoms with E-state index in [9.17, 15) is 31.5 Å². The fourth-order valence-corrected chi connectivity index (χ4v) is 6.40. The first-order valence-corrected chi connectivity index (χ1v) is 16.4. The van der Waals surface area contributed by atoms with Crippen LogP contribution >= 0.6 is 0 Å². The minimum Gasteiger partial charge on any atom is -0.347 e. The highest BCUT2D eigenvalue weighted by molar-refractivity contribution is 6.11. The Kier molecular flexibility index (Phi) is 11.1. The quantitative estimate of drug-likeness (QED) is 0.115. The number of amides is 1. The molecule has 0 saturated carbocycles. The van der Waals surface area contributed by atoms with Crippen molar-refractivity contribution >= 4 is 17.4 Å². The van der Waals surface area contributed by atoms with Crippen molar-refractivity contribution in [3.05, 3.63) is 137 Å². The minimum atomic E-state index is -4.41. The van der Waals surface area contributed by atoms with Gasteiger partial charge in [0.15, 0.2) is 24.0 Å². The third-order valence-corrected chi connectivity index (χ3v) is 9.26. The molecule has 1 heterocycles. The number of aryl methyl sites for hydroxylation is 1. The number of nitrogens with zero attached hydrogens (tertiary/aromatic N) is 2. The zero-order valence-electron chi connectivity index (χ0n) is 27.5. The third-order valence-electron chi connectivity index (χ3n) is 9.26. The number of ketones is 1. The van der Waals surface area contributed by atoms with Gasteiger partial charge in [0.1, 0.15) is 17.9 Å². The molecule has 10 heteroatoms. The van der Waals surface area contributed by atoms with Crippen molar-refractivity contribution in [3.63, 3.8) is 0 Å². The second-order valence-corrected chi connectivity index (χ2v) is 12.2. The van der Waals surface area contributed by atoms with Crippen molar-refractivity contribution in [2.75, 3.05) is 32.7 Å². The van der Waals surface area contributed by atoms with Crippen LogP contribution < -0.4 is 9.80 Å². The molecule has 1 aliphatic rings. The van der Waals surface area contributed by atoms with E-state index in [1.165, 1.54) is 24.3 Å². The monoisotopic (exact) mass is 676 g/mol. The average molecular weight is 677 g/mol. The zero-order chi connectivity index (χ0) is 35.2. The Bertz CT molecular complexity index is 1820. The number of rotatable bonds is 13. The molecule has 1 amide bonds. The number of hydrogen-bond donors (Lipinski definition) is 1. The molecule has 5 rings (SSSR count). The van der Waals surface area contributed by atoms with Gasteiger partial charge < -0.3 is 5.32 Å². The van der Waals surface area contributed by atoms with Gasteiger partial charge in [0.05, 0.1) is 11.1 Å². The Labute approximate surface area is 283 Å². The number of hydrogen-bond acceptors (Lipinski definition) is 3. The Morgan fingerprint density at radius 1 is 0.816 bits per heavy atom. The van der Waals surface area contributed by atoms with Crippen LogP contribution in [0.15, 0.2) is 103 Å². The number of quaternary nitrogens is 1. The molecule has 0 spiro atoms. The molecule has 0 saturated heterocycles. The highest BCUT2D eigenvalue weighted by Crippen LogP contribution is 2.39.